The van der Waals surface area contributed by atoms with Crippen molar-refractivity contribution in [3.8, 4) is 17.0 Å². The molecule has 4 rings (SSSR count). The second-order valence-corrected chi connectivity index (χ2v) is 9.17. The van der Waals surface area contributed by atoms with E-state index in [0.29, 0.717) is 19.7 Å². The molecule has 2 heterocycles. The van der Waals surface area contributed by atoms with Crippen LogP contribution >= 0.6 is 0 Å². The standard InChI is InChI=1S/C27H34N4O3/c1-19-14-24(15-22-7-9-23(10-8-22)26-17-30(4)29-28-26)20(2)21(3)27(19)34-13-11-31(18-32)16-25-6-5-12-33-25/h7-10,14,17-18,25H,5-6,11-13,15-16H2,1-4H3. The average molecular weight is 463 g/mol. The Balaban J connectivity index is 1.39. The number of aromatic nitrogens is 3. The average Bonchev–Trinajstić information content (AvgIpc) is 3.51. The molecule has 0 aliphatic carbocycles. The fourth-order valence-electron chi connectivity index (χ4n) is 4.54. The summed E-state index contributed by atoms with van der Waals surface area (Å²) >= 11 is 0. The van der Waals surface area contributed by atoms with E-state index < -0.39 is 0 Å². The van der Waals surface area contributed by atoms with Gasteiger partial charge >= 0.3 is 0 Å². The van der Waals surface area contributed by atoms with Crippen LogP contribution in [0.25, 0.3) is 11.3 Å². The zero-order valence-electron chi connectivity index (χ0n) is 20.6. The quantitative estimate of drug-likeness (QED) is 0.426. The summed E-state index contributed by atoms with van der Waals surface area (Å²) < 4.78 is 13.5. The van der Waals surface area contributed by atoms with E-state index in [4.69, 9.17) is 9.47 Å². The molecule has 1 fully saturated rings. The maximum absolute atomic E-state index is 11.5. The first-order valence-corrected chi connectivity index (χ1v) is 11.9. The molecule has 0 bridgehead atoms. The molecule has 1 aromatic heterocycles. The molecule has 1 amide bonds. The van der Waals surface area contributed by atoms with Gasteiger partial charge in [0.05, 0.1) is 18.8 Å². The van der Waals surface area contributed by atoms with Gasteiger partial charge in [-0.25, -0.2) is 0 Å². The second-order valence-electron chi connectivity index (χ2n) is 9.17. The Labute approximate surface area is 201 Å². The van der Waals surface area contributed by atoms with E-state index in [1.807, 2.05) is 13.2 Å². The minimum atomic E-state index is 0.157. The Morgan fingerprint density at radius 1 is 1.21 bits per heavy atom. The van der Waals surface area contributed by atoms with Crippen LogP contribution in [0.4, 0.5) is 0 Å². The molecule has 1 aliphatic heterocycles. The number of nitrogens with zero attached hydrogens (tertiary/aromatic N) is 4. The molecule has 0 radical (unpaired) electrons. The molecule has 1 atom stereocenters. The predicted molar refractivity (Wildman–Crippen MR) is 132 cm³/mol. The summed E-state index contributed by atoms with van der Waals surface area (Å²) in [6.07, 6.45) is 5.92. The lowest BCUT2D eigenvalue weighted by molar-refractivity contribution is -0.120. The first-order chi connectivity index (χ1) is 16.4. The van der Waals surface area contributed by atoms with Crippen molar-refractivity contribution < 1.29 is 14.3 Å². The molecule has 0 spiro atoms. The minimum Gasteiger partial charge on any atom is -0.491 e. The highest BCUT2D eigenvalue weighted by Crippen LogP contribution is 2.30. The van der Waals surface area contributed by atoms with Gasteiger partial charge in [-0.1, -0.05) is 35.5 Å². The summed E-state index contributed by atoms with van der Waals surface area (Å²) in [6, 6.07) is 10.7. The van der Waals surface area contributed by atoms with Crippen LogP contribution in [0, 0.1) is 20.8 Å². The lowest BCUT2D eigenvalue weighted by Crippen LogP contribution is -2.34. The third-order valence-electron chi connectivity index (χ3n) is 6.62. The fraction of sp³-hybridized carbons (Fsp3) is 0.444. The molecule has 3 aromatic rings. The summed E-state index contributed by atoms with van der Waals surface area (Å²) in [5, 5.41) is 8.19. The third kappa shape index (κ3) is 5.65. The van der Waals surface area contributed by atoms with E-state index >= 15 is 0 Å². The van der Waals surface area contributed by atoms with Crippen LogP contribution in [-0.4, -0.2) is 58.7 Å². The van der Waals surface area contributed by atoms with Gasteiger partial charge in [0, 0.05) is 25.8 Å². The molecule has 7 nitrogen and oxygen atoms in total. The molecule has 1 unspecified atom stereocenters. The number of ether oxygens (including phenoxy) is 2. The lowest BCUT2D eigenvalue weighted by atomic mass is 9.93. The first-order valence-electron chi connectivity index (χ1n) is 11.9. The highest BCUT2D eigenvalue weighted by molar-refractivity contribution is 5.58. The van der Waals surface area contributed by atoms with Gasteiger partial charge < -0.3 is 14.4 Å². The number of rotatable bonds is 10. The van der Waals surface area contributed by atoms with Crippen molar-refractivity contribution in [2.75, 3.05) is 26.3 Å². The highest BCUT2D eigenvalue weighted by Gasteiger charge is 2.19. The normalized spacial score (nSPS) is 15.5. The van der Waals surface area contributed by atoms with Crippen LogP contribution in [0.2, 0.25) is 0 Å². The number of aryl methyl sites for hydroxylation is 2. The van der Waals surface area contributed by atoms with E-state index in [-0.39, 0.29) is 6.10 Å². The molecule has 1 saturated heterocycles. The Bertz CT molecular complexity index is 1120. The highest BCUT2D eigenvalue weighted by atomic mass is 16.5. The number of carbonyl (C=O) groups is 1. The van der Waals surface area contributed by atoms with Gasteiger partial charge in [-0.2, -0.15) is 0 Å². The van der Waals surface area contributed by atoms with Crippen molar-refractivity contribution >= 4 is 6.41 Å². The van der Waals surface area contributed by atoms with Crippen LogP contribution in [0.15, 0.2) is 36.5 Å². The number of carbonyl (C=O) groups excluding carboxylic acids is 1. The van der Waals surface area contributed by atoms with Crippen molar-refractivity contribution in [1.82, 2.24) is 19.9 Å². The monoisotopic (exact) mass is 462 g/mol. The Morgan fingerprint density at radius 2 is 2.00 bits per heavy atom. The van der Waals surface area contributed by atoms with Gasteiger partial charge in [0.2, 0.25) is 6.41 Å². The summed E-state index contributed by atoms with van der Waals surface area (Å²) in [5.74, 6) is 0.919. The van der Waals surface area contributed by atoms with E-state index in [1.165, 1.54) is 16.7 Å². The smallest absolute Gasteiger partial charge is 0.209 e. The SMILES string of the molecule is Cc1cc(Cc2ccc(-c3cn(C)nn3)cc2)c(C)c(C)c1OCCN(C=O)CC1CCCO1. The molecule has 180 valence electrons. The van der Waals surface area contributed by atoms with E-state index in [1.54, 1.807) is 9.58 Å². The van der Waals surface area contributed by atoms with Gasteiger partial charge in [-0.3, -0.25) is 9.48 Å². The second kappa shape index (κ2) is 10.8. The van der Waals surface area contributed by atoms with Gasteiger partial charge in [0.15, 0.2) is 0 Å². The zero-order valence-corrected chi connectivity index (χ0v) is 20.6. The van der Waals surface area contributed by atoms with Crippen LogP contribution in [-0.2, 0) is 23.0 Å². The molecule has 0 saturated carbocycles. The summed E-state index contributed by atoms with van der Waals surface area (Å²) in [7, 11) is 1.87. The topological polar surface area (TPSA) is 69.5 Å². The summed E-state index contributed by atoms with van der Waals surface area (Å²) in [5.41, 5.74) is 8.00. The van der Waals surface area contributed by atoms with Gasteiger partial charge in [-0.05, 0) is 67.9 Å². The van der Waals surface area contributed by atoms with Gasteiger partial charge in [0.25, 0.3) is 0 Å². The number of amides is 1. The van der Waals surface area contributed by atoms with E-state index in [9.17, 15) is 4.79 Å². The van der Waals surface area contributed by atoms with Crippen LogP contribution in [0.3, 0.4) is 0 Å². The van der Waals surface area contributed by atoms with Crippen molar-refractivity contribution in [2.24, 2.45) is 7.05 Å². The molecule has 0 N–H and O–H groups in total. The number of hydrogen-bond donors (Lipinski definition) is 0. The van der Waals surface area contributed by atoms with Gasteiger partial charge in [-0.15, -0.1) is 5.10 Å². The summed E-state index contributed by atoms with van der Waals surface area (Å²) in [4.78, 5) is 13.2. The predicted octanol–water partition coefficient (Wildman–Crippen LogP) is 4.01. The fourth-order valence-corrected chi connectivity index (χ4v) is 4.54. The van der Waals surface area contributed by atoms with Crippen LogP contribution in [0.1, 0.15) is 40.7 Å². The molecule has 34 heavy (non-hydrogen) atoms. The Morgan fingerprint density at radius 3 is 2.65 bits per heavy atom. The van der Waals surface area contributed by atoms with E-state index in [2.05, 4.69) is 61.4 Å². The Kier molecular flexibility index (Phi) is 7.63. The summed E-state index contributed by atoms with van der Waals surface area (Å²) in [6.45, 7) is 8.81. The Hall–Kier alpha value is -3.19. The minimum absolute atomic E-state index is 0.157. The maximum atomic E-state index is 11.5. The van der Waals surface area contributed by atoms with Crippen molar-refractivity contribution in [2.45, 2.75) is 46.1 Å². The van der Waals surface area contributed by atoms with Gasteiger partial charge in [0.1, 0.15) is 18.1 Å². The maximum Gasteiger partial charge on any atom is 0.209 e. The van der Waals surface area contributed by atoms with Crippen molar-refractivity contribution in [3.05, 3.63) is 64.3 Å². The molecular formula is C27H34N4O3. The van der Waals surface area contributed by atoms with Crippen LogP contribution < -0.4 is 4.74 Å². The first kappa shape index (κ1) is 24.0. The number of hydrogen-bond acceptors (Lipinski definition) is 5. The third-order valence-corrected chi connectivity index (χ3v) is 6.62. The van der Waals surface area contributed by atoms with Crippen molar-refractivity contribution in [3.63, 3.8) is 0 Å². The molecular weight excluding hydrogens is 428 g/mol. The molecule has 7 heteroatoms. The molecule has 2 aromatic carbocycles. The van der Waals surface area contributed by atoms with E-state index in [0.717, 1.165) is 60.4 Å². The number of benzene rings is 2. The zero-order chi connectivity index (χ0) is 24.1. The lowest BCUT2D eigenvalue weighted by Gasteiger charge is -2.22. The molecule has 1 aliphatic rings. The largest absolute Gasteiger partial charge is 0.491 e. The van der Waals surface area contributed by atoms with Crippen LogP contribution in [0.5, 0.6) is 5.75 Å². The van der Waals surface area contributed by atoms with Crippen molar-refractivity contribution in [1.29, 1.82) is 0 Å².